The average Bonchev–Trinajstić information content (AvgIpc) is 1.83. The van der Waals surface area contributed by atoms with Crippen LogP contribution in [0.1, 0.15) is 26.2 Å². The van der Waals surface area contributed by atoms with Crippen LogP contribution in [0.5, 0.6) is 0 Å². The van der Waals surface area contributed by atoms with Gasteiger partial charge in [0.25, 0.3) is 0 Å². The lowest BCUT2D eigenvalue weighted by atomic mass is 9.84. The van der Waals surface area contributed by atoms with Gasteiger partial charge in [-0.1, -0.05) is 13.3 Å². The summed E-state index contributed by atoms with van der Waals surface area (Å²) in [7, 11) is 0. The normalized spacial score (nSPS) is 45.0. The summed E-state index contributed by atoms with van der Waals surface area (Å²) in [5.74, 6) is 0.508. The summed E-state index contributed by atoms with van der Waals surface area (Å²) in [4.78, 5) is 0. The molecule has 0 heterocycles. The predicted octanol–water partition coefficient (Wildman–Crippen LogP) is 0.495. The van der Waals surface area contributed by atoms with Crippen molar-refractivity contribution < 1.29 is 5.11 Å². The Balaban J connectivity index is 2.41. The van der Waals surface area contributed by atoms with Gasteiger partial charge in [-0.15, -0.1) is 0 Å². The molecule has 2 nitrogen and oxygen atoms in total. The zero-order chi connectivity index (χ0) is 6.85. The Kier molecular flexibility index (Phi) is 2.09. The van der Waals surface area contributed by atoms with Crippen molar-refractivity contribution in [1.82, 2.24) is 0 Å². The summed E-state index contributed by atoms with van der Waals surface area (Å²) in [6, 6.07) is 0.0266. The summed E-state index contributed by atoms with van der Waals surface area (Å²) in [5.41, 5.74) is 5.67. The van der Waals surface area contributed by atoms with Gasteiger partial charge in [-0.3, -0.25) is 0 Å². The van der Waals surface area contributed by atoms with Crippen molar-refractivity contribution >= 4 is 0 Å². The molecule has 0 amide bonds. The van der Waals surface area contributed by atoms with E-state index in [1.54, 1.807) is 0 Å². The number of aliphatic hydroxyl groups excluding tert-OH is 1. The molecule has 0 spiro atoms. The number of rotatable bonds is 0. The molecule has 0 bridgehead atoms. The molecule has 0 saturated heterocycles. The number of hydrogen-bond donors (Lipinski definition) is 2. The first-order valence-corrected chi connectivity index (χ1v) is 3.65. The van der Waals surface area contributed by atoms with Crippen molar-refractivity contribution in [3.05, 3.63) is 0 Å². The number of aliphatic hydroxyl groups is 1. The van der Waals surface area contributed by atoms with Gasteiger partial charge in [-0.25, -0.2) is 0 Å². The van der Waals surface area contributed by atoms with Crippen LogP contribution in [0.2, 0.25) is 0 Å². The van der Waals surface area contributed by atoms with Crippen LogP contribution in [0.25, 0.3) is 0 Å². The van der Waals surface area contributed by atoms with Crippen molar-refractivity contribution in [3.8, 4) is 0 Å². The van der Waals surface area contributed by atoms with Crippen molar-refractivity contribution in [2.75, 3.05) is 0 Å². The van der Waals surface area contributed by atoms with Crippen LogP contribution in [-0.2, 0) is 0 Å². The maximum atomic E-state index is 9.22. The molecule has 1 aliphatic carbocycles. The van der Waals surface area contributed by atoms with Gasteiger partial charge in [0, 0.05) is 6.04 Å². The lowest BCUT2D eigenvalue weighted by Crippen LogP contribution is -2.43. The van der Waals surface area contributed by atoms with E-state index in [0.29, 0.717) is 5.92 Å². The molecule has 0 aromatic heterocycles. The molecule has 1 fully saturated rings. The summed E-state index contributed by atoms with van der Waals surface area (Å²) < 4.78 is 0. The van der Waals surface area contributed by atoms with Crippen LogP contribution >= 0.6 is 0 Å². The fourth-order valence-corrected chi connectivity index (χ4v) is 1.41. The quantitative estimate of drug-likeness (QED) is 0.500. The first-order valence-electron chi connectivity index (χ1n) is 3.65. The van der Waals surface area contributed by atoms with E-state index in [1.165, 1.54) is 6.42 Å². The van der Waals surface area contributed by atoms with Gasteiger partial charge in [0.05, 0.1) is 6.10 Å². The molecule has 1 aliphatic rings. The molecular formula is C7H15NO. The zero-order valence-corrected chi connectivity index (χ0v) is 5.88. The van der Waals surface area contributed by atoms with E-state index in [2.05, 4.69) is 6.92 Å². The second kappa shape index (κ2) is 2.67. The Bertz CT molecular complexity index is 84.9. The highest BCUT2D eigenvalue weighted by molar-refractivity contribution is 4.81. The first-order chi connectivity index (χ1) is 4.22. The highest BCUT2D eigenvalue weighted by Gasteiger charge is 2.25. The molecule has 3 atom stereocenters. The molecule has 3 N–H and O–H groups in total. The molecule has 1 saturated carbocycles. The van der Waals surface area contributed by atoms with E-state index in [1.807, 2.05) is 0 Å². The van der Waals surface area contributed by atoms with Crippen LogP contribution in [-0.4, -0.2) is 17.3 Å². The minimum atomic E-state index is -0.242. The third-order valence-electron chi connectivity index (χ3n) is 2.26. The van der Waals surface area contributed by atoms with E-state index < -0.39 is 0 Å². The predicted molar refractivity (Wildman–Crippen MR) is 37.0 cm³/mol. The third kappa shape index (κ3) is 1.43. The van der Waals surface area contributed by atoms with Crippen LogP contribution in [0.15, 0.2) is 0 Å². The lowest BCUT2D eigenvalue weighted by Gasteiger charge is -2.29. The average molecular weight is 129 g/mol. The van der Waals surface area contributed by atoms with Crippen molar-refractivity contribution in [2.24, 2.45) is 11.7 Å². The number of nitrogens with two attached hydrogens (primary N) is 1. The van der Waals surface area contributed by atoms with Crippen LogP contribution in [0, 0.1) is 5.92 Å². The number of hydrogen-bond acceptors (Lipinski definition) is 2. The summed E-state index contributed by atoms with van der Waals surface area (Å²) in [6.45, 7) is 2.10. The van der Waals surface area contributed by atoms with Gasteiger partial charge in [-0.2, -0.15) is 0 Å². The van der Waals surface area contributed by atoms with E-state index in [4.69, 9.17) is 5.73 Å². The van der Waals surface area contributed by atoms with Gasteiger partial charge < -0.3 is 10.8 Å². The smallest absolute Gasteiger partial charge is 0.0693 e. The molecule has 0 aliphatic heterocycles. The van der Waals surface area contributed by atoms with E-state index >= 15 is 0 Å². The second-order valence-electron chi connectivity index (χ2n) is 3.05. The SMILES string of the molecule is CC1CCC[C@@H](O)[C@@H]1N. The van der Waals surface area contributed by atoms with Gasteiger partial charge in [0.1, 0.15) is 0 Å². The molecule has 1 unspecified atom stereocenters. The largest absolute Gasteiger partial charge is 0.392 e. The zero-order valence-electron chi connectivity index (χ0n) is 5.88. The van der Waals surface area contributed by atoms with Gasteiger partial charge in [-0.05, 0) is 18.8 Å². The molecule has 9 heavy (non-hydrogen) atoms. The van der Waals surface area contributed by atoms with Crippen molar-refractivity contribution in [3.63, 3.8) is 0 Å². The van der Waals surface area contributed by atoms with Gasteiger partial charge in [0.15, 0.2) is 0 Å². The summed E-state index contributed by atoms with van der Waals surface area (Å²) in [5, 5.41) is 9.22. The minimum Gasteiger partial charge on any atom is -0.392 e. The lowest BCUT2D eigenvalue weighted by molar-refractivity contribution is 0.0817. The third-order valence-corrected chi connectivity index (χ3v) is 2.26. The van der Waals surface area contributed by atoms with Crippen molar-refractivity contribution in [1.29, 1.82) is 0 Å². The fourth-order valence-electron chi connectivity index (χ4n) is 1.41. The Hall–Kier alpha value is -0.0800. The highest BCUT2D eigenvalue weighted by atomic mass is 16.3. The van der Waals surface area contributed by atoms with Crippen molar-refractivity contribution in [2.45, 2.75) is 38.3 Å². The molecular weight excluding hydrogens is 114 g/mol. The van der Waals surface area contributed by atoms with Crippen LogP contribution in [0.4, 0.5) is 0 Å². The molecule has 0 aromatic carbocycles. The van der Waals surface area contributed by atoms with E-state index in [0.717, 1.165) is 12.8 Å². The monoisotopic (exact) mass is 129 g/mol. The minimum absolute atomic E-state index is 0.0266. The van der Waals surface area contributed by atoms with E-state index in [9.17, 15) is 5.11 Å². The summed E-state index contributed by atoms with van der Waals surface area (Å²) >= 11 is 0. The molecule has 54 valence electrons. The van der Waals surface area contributed by atoms with Gasteiger partial charge >= 0.3 is 0 Å². The molecule has 2 heteroatoms. The Morgan fingerprint density at radius 1 is 1.44 bits per heavy atom. The standard InChI is InChI=1S/C7H15NO/c1-5-3-2-4-6(9)7(5)8/h5-7,9H,2-4,8H2,1H3/t5?,6-,7-/m1/s1. The molecule has 0 aromatic rings. The molecule has 1 rings (SSSR count). The Morgan fingerprint density at radius 3 is 2.56 bits per heavy atom. The highest BCUT2D eigenvalue weighted by Crippen LogP contribution is 2.22. The van der Waals surface area contributed by atoms with Crippen LogP contribution < -0.4 is 5.73 Å². The Morgan fingerprint density at radius 2 is 2.11 bits per heavy atom. The van der Waals surface area contributed by atoms with Gasteiger partial charge in [0.2, 0.25) is 0 Å². The second-order valence-corrected chi connectivity index (χ2v) is 3.05. The maximum Gasteiger partial charge on any atom is 0.0693 e. The molecule has 0 radical (unpaired) electrons. The fraction of sp³-hybridized carbons (Fsp3) is 1.00. The first kappa shape index (κ1) is 7.03. The maximum absolute atomic E-state index is 9.22. The Labute approximate surface area is 56.1 Å². The summed E-state index contributed by atoms with van der Waals surface area (Å²) in [6.07, 6.45) is 2.97. The van der Waals surface area contributed by atoms with E-state index in [-0.39, 0.29) is 12.1 Å². The van der Waals surface area contributed by atoms with Crippen LogP contribution in [0.3, 0.4) is 0 Å². The topological polar surface area (TPSA) is 46.2 Å².